The van der Waals surface area contributed by atoms with E-state index < -0.39 is 0 Å². The maximum atomic E-state index is 12.7. The summed E-state index contributed by atoms with van der Waals surface area (Å²) in [5.41, 5.74) is 1.23. The lowest BCUT2D eigenvalue weighted by molar-refractivity contribution is 0.102. The van der Waals surface area contributed by atoms with E-state index in [0.717, 1.165) is 5.56 Å². The van der Waals surface area contributed by atoms with Crippen molar-refractivity contribution in [3.63, 3.8) is 0 Å². The molecule has 0 aliphatic rings. The average Bonchev–Trinajstić information content (AvgIpc) is 3.09. The molecule has 1 N–H and O–H groups in total. The molecule has 3 aromatic rings. The Hall–Kier alpha value is -2.70. The Morgan fingerprint density at radius 2 is 1.89 bits per heavy atom. The molecule has 6 nitrogen and oxygen atoms in total. The van der Waals surface area contributed by atoms with Crippen LogP contribution in [0.3, 0.4) is 0 Å². The number of aromatic nitrogens is 2. The molecule has 0 saturated carbocycles. The highest BCUT2D eigenvalue weighted by atomic mass is 35.5. The monoisotopic (exact) mass is 405 g/mol. The van der Waals surface area contributed by atoms with Crippen LogP contribution in [0.4, 0.5) is 5.82 Å². The number of ether oxygens (including phenoxy) is 2. The van der Waals surface area contributed by atoms with Crippen LogP contribution in [0.2, 0.25) is 10.0 Å². The van der Waals surface area contributed by atoms with Gasteiger partial charge in [-0.05, 0) is 23.8 Å². The van der Waals surface area contributed by atoms with Crippen LogP contribution in [-0.4, -0.2) is 29.9 Å². The van der Waals surface area contributed by atoms with E-state index in [9.17, 15) is 4.79 Å². The fraction of sp³-hybridized carbons (Fsp3) is 0.158. The number of nitrogens with one attached hydrogen (secondary N) is 1. The molecule has 0 aliphatic heterocycles. The molecule has 0 aliphatic carbocycles. The van der Waals surface area contributed by atoms with Crippen molar-refractivity contribution in [3.8, 4) is 11.5 Å². The molecule has 3 rings (SSSR count). The normalized spacial score (nSPS) is 10.5. The Labute approximate surface area is 166 Å². The predicted molar refractivity (Wildman–Crippen MR) is 105 cm³/mol. The molecule has 0 atom stereocenters. The summed E-state index contributed by atoms with van der Waals surface area (Å²) in [5.74, 6) is 0.934. The van der Waals surface area contributed by atoms with Crippen LogP contribution in [0.25, 0.3) is 0 Å². The molecule has 0 spiro atoms. The second-order valence-corrected chi connectivity index (χ2v) is 6.43. The van der Waals surface area contributed by atoms with E-state index in [4.69, 9.17) is 32.7 Å². The highest BCUT2D eigenvalue weighted by molar-refractivity contribution is 6.33. The minimum Gasteiger partial charge on any atom is -0.493 e. The lowest BCUT2D eigenvalue weighted by Gasteiger charge is -2.13. The van der Waals surface area contributed by atoms with Gasteiger partial charge in [0.2, 0.25) is 0 Å². The zero-order chi connectivity index (χ0) is 19.4. The number of nitrogens with zero attached hydrogens (tertiary/aromatic N) is 2. The van der Waals surface area contributed by atoms with Crippen molar-refractivity contribution in [2.45, 2.75) is 6.54 Å². The maximum absolute atomic E-state index is 12.7. The van der Waals surface area contributed by atoms with E-state index in [1.54, 1.807) is 23.0 Å². The Kier molecular flexibility index (Phi) is 5.88. The number of hydrogen-bond donors (Lipinski definition) is 1. The van der Waals surface area contributed by atoms with E-state index in [2.05, 4.69) is 10.4 Å². The number of carbonyl (C=O) groups is 1. The number of halogens is 2. The van der Waals surface area contributed by atoms with E-state index in [1.165, 1.54) is 20.3 Å². The summed E-state index contributed by atoms with van der Waals surface area (Å²) in [6.45, 7) is 0.426. The van der Waals surface area contributed by atoms with Crippen LogP contribution >= 0.6 is 23.2 Å². The zero-order valence-electron chi connectivity index (χ0n) is 14.7. The fourth-order valence-electron chi connectivity index (χ4n) is 2.59. The summed E-state index contributed by atoms with van der Waals surface area (Å²) in [5, 5.41) is 8.00. The van der Waals surface area contributed by atoms with Gasteiger partial charge < -0.3 is 14.8 Å². The number of benzene rings is 2. The Bertz CT molecular complexity index is 973. The first-order valence-electron chi connectivity index (χ1n) is 8.01. The summed E-state index contributed by atoms with van der Waals surface area (Å²) in [4.78, 5) is 12.7. The molecule has 1 heterocycles. The van der Waals surface area contributed by atoms with Crippen molar-refractivity contribution < 1.29 is 14.3 Å². The molecule has 2 aromatic carbocycles. The lowest BCUT2D eigenvalue weighted by Crippen LogP contribution is -2.16. The van der Waals surface area contributed by atoms with Gasteiger partial charge in [0.1, 0.15) is 5.82 Å². The third-order valence-electron chi connectivity index (χ3n) is 3.93. The second kappa shape index (κ2) is 8.33. The Morgan fingerprint density at radius 1 is 1.11 bits per heavy atom. The first-order valence-corrected chi connectivity index (χ1v) is 8.77. The second-order valence-electron chi connectivity index (χ2n) is 5.61. The highest BCUT2D eigenvalue weighted by Crippen LogP contribution is 2.36. The SMILES string of the molecule is COc1cc(C(=O)Nc2ccnn2Cc2ccccc2Cl)cc(Cl)c1OC. The number of methoxy groups -OCH3 is 2. The number of carbonyl (C=O) groups excluding carboxylic acids is 1. The summed E-state index contributed by atoms with van der Waals surface area (Å²) in [6, 6.07) is 12.3. The first-order chi connectivity index (χ1) is 13.0. The largest absolute Gasteiger partial charge is 0.493 e. The molecule has 140 valence electrons. The van der Waals surface area contributed by atoms with E-state index >= 15 is 0 Å². The van der Waals surface area contributed by atoms with Crippen molar-refractivity contribution in [1.29, 1.82) is 0 Å². The van der Waals surface area contributed by atoms with Crippen molar-refractivity contribution in [3.05, 3.63) is 69.8 Å². The number of anilines is 1. The molecule has 0 bridgehead atoms. The molecular weight excluding hydrogens is 389 g/mol. The van der Waals surface area contributed by atoms with Gasteiger partial charge in [0, 0.05) is 16.7 Å². The molecule has 1 aromatic heterocycles. The Morgan fingerprint density at radius 3 is 2.59 bits per heavy atom. The van der Waals surface area contributed by atoms with Crippen LogP contribution in [0.15, 0.2) is 48.7 Å². The minimum atomic E-state index is -0.348. The Balaban J connectivity index is 1.83. The number of amides is 1. The standard InChI is InChI=1S/C19H17Cl2N3O3/c1-26-16-10-13(9-15(21)18(16)27-2)19(25)23-17-7-8-22-24(17)11-12-5-3-4-6-14(12)20/h3-10H,11H2,1-2H3,(H,23,25). The van der Waals surface area contributed by atoms with Crippen molar-refractivity contribution >= 4 is 34.9 Å². The van der Waals surface area contributed by atoms with Gasteiger partial charge in [-0.25, -0.2) is 4.68 Å². The molecular formula is C19H17Cl2N3O3. The highest BCUT2D eigenvalue weighted by Gasteiger charge is 2.17. The van der Waals surface area contributed by atoms with Gasteiger partial charge in [-0.3, -0.25) is 4.79 Å². The van der Waals surface area contributed by atoms with Crippen molar-refractivity contribution in [2.24, 2.45) is 0 Å². The predicted octanol–water partition coefficient (Wildman–Crippen LogP) is 4.51. The molecule has 0 unspecified atom stereocenters. The molecule has 0 saturated heterocycles. The average molecular weight is 406 g/mol. The van der Waals surface area contributed by atoms with Crippen LogP contribution < -0.4 is 14.8 Å². The van der Waals surface area contributed by atoms with Crippen LogP contribution in [0.1, 0.15) is 15.9 Å². The van der Waals surface area contributed by atoms with Gasteiger partial charge in [-0.2, -0.15) is 5.10 Å². The van der Waals surface area contributed by atoms with Gasteiger partial charge >= 0.3 is 0 Å². The third kappa shape index (κ3) is 4.18. The zero-order valence-corrected chi connectivity index (χ0v) is 16.2. The van der Waals surface area contributed by atoms with Gasteiger partial charge in [0.05, 0.1) is 32.0 Å². The van der Waals surface area contributed by atoms with E-state index in [-0.39, 0.29) is 10.9 Å². The molecule has 0 radical (unpaired) electrons. The quantitative estimate of drug-likeness (QED) is 0.655. The molecule has 1 amide bonds. The van der Waals surface area contributed by atoms with Gasteiger partial charge in [0.25, 0.3) is 5.91 Å². The van der Waals surface area contributed by atoms with Crippen LogP contribution in [0.5, 0.6) is 11.5 Å². The van der Waals surface area contributed by atoms with Gasteiger partial charge in [-0.15, -0.1) is 0 Å². The minimum absolute atomic E-state index is 0.284. The molecule has 8 heteroatoms. The van der Waals surface area contributed by atoms with Gasteiger partial charge in [0.15, 0.2) is 11.5 Å². The van der Waals surface area contributed by atoms with Crippen molar-refractivity contribution in [2.75, 3.05) is 19.5 Å². The summed E-state index contributed by atoms with van der Waals surface area (Å²) >= 11 is 12.4. The summed E-state index contributed by atoms with van der Waals surface area (Å²) < 4.78 is 12.1. The third-order valence-corrected chi connectivity index (χ3v) is 4.58. The lowest BCUT2D eigenvalue weighted by atomic mass is 10.2. The van der Waals surface area contributed by atoms with Crippen LogP contribution in [-0.2, 0) is 6.54 Å². The van der Waals surface area contributed by atoms with Crippen LogP contribution in [0, 0.1) is 0 Å². The fourth-order valence-corrected chi connectivity index (χ4v) is 3.07. The summed E-state index contributed by atoms with van der Waals surface area (Å²) in [6.07, 6.45) is 1.61. The topological polar surface area (TPSA) is 65.4 Å². The molecule has 27 heavy (non-hydrogen) atoms. The summed E-state index contributed by atoms with van der Waals surface area (Å²) in [7, 11) is 2.96. The van der Waals surface area contributed by atoms with E-state index in [0.29, 0.717) is 34.4 Å². The molecule has 0 fully saturated rings. The number of rotatable bonds is 6. The van der Waals surface area contributed by atoms with E-state index in [1.807, 2.05) is 24.3 Å². The van der Waals surface area contributed by atoms with Crippen molar-refractivity contribution in [1.82, 2.24) is 9.78 Å². The first kappa shape index (κ1) is 19.1. The number of hydrogen-bond acceptors (Lipinski definition) is 4. The van der Waals surface area contributed by atoms with Gasteiger partial charge in [-0.1, -0.05) is 41.4 Å². The maximum Gasteiger partial charge on any atom is 0.257 e. The smallest absolute Gasteiger partial charge is 0.257 e.